The number of benzene rings is 2. The first kappa shape index (κ1) is 22.3. The maximum Gasteiger partial charge on any atom is 0.407 e. The molecule has 1 aliphatic heterocycles. The van der Waals surface area contributed by atoms with E-state index in [1.807, 2.05) is 48.5 Å². The van der Waals surface area contributed by atoms with E-state index in [1.54, 1.807) is 6.92 Å². The highest BCUT2D eigenvalue weighted by atomic mass is 16.5. The van der Waals surface area contributed by atoms with Gasteiger partial charge in [-0.3, -0.25) is 14.4 Å². The van der Waals surface area contributed by atoms with Crippen molar-refractivity contribution in [2.45, 2.75) is 25.3 Å². The van der Waals surface area contributed by atoms with Gasteiger partial charge in [0, 0.05) is 12.0 Å². The highest BCUT2D eigenvalue weighted by Crippen LogP contribution is 2.44. The Bertz CT molecular complexity index is 1060. The van der Waals surface area contributed by atoms with Crippen LogP contribution in [-0.2, 0) is 19.1 Å². The molecule has 172 valence electrons. The molecule has 2 aromatic carbocycles. The second kappa shape index (κ2) is 9.32. The van der Waals surface area contributed by atoms with Crippen molar-refractivity contribution in [1.82, 2.24) is 15.5 Å². The van der Waals surface area contributed by atoms with Gasteiger partial charge in [-0.2, -0.15) is 0 Å². The third kappa shape index (κ3) is 4.52. The van der Waals surface area contributed by atoms with Gasteiger partial charge in [-0.15, -0.1) is 0 Å². The summed E-state index contributed by atoms with van der Waals surface area (Å²) >= 11 is 0. The molecule has 3 N–H and O–H groups in total. The lowest BCUT2D eigenvalue weighted by Crippen LogP contribution is -2.45. The van der Waals surface area contributed by atoms with Gasteiger partial charge in [0.05, 0.1) is 6.67 Å². The minimum Gasteiger partial charge on any atom is -0.481 e. The number of nitrogens with zero attached hydrogens (tertiary/aromatic N) is 1. The quantitative estimate of drug-likeness (QED) is 0.553. The molecular formula is C24H25N3O6. The maximum atomic E-state index is 12.2. The highest BCUT2D eigenvalue weighted by molar-refractivity contribution is 5.98. The number of ether oxygens (including phenoxy) is 1. The number of nitrogens with one attached hydrogen (secondary N) is 2. The number of hydrogen-bond acceptors (Lipinski definition) is 5. The van der Waals surface area contributed by atoms with E-state index in [-0.39, 0.29) is 38.2 Å². The number of alkyl carbamates (subject to hydrolysis) is 1. The Hall–Kier alpha value is -3.88. The predicted octanol–water partition coefficient (Wildman–Crippen LogP) is 1.92. The molecule has 0 aromatic heterocycles. The number of amides is 3. The molecule has 2 atom stereocenters. The Kier molecular flexibility index (Phi) is 6.30. The van der Waals surface area contributed by atoms with E-state index in [1.165, 1.54) is 4.90 Å². The zero-order valence-electron chi connectivity index (χ0n) is 18.1. The van der Waals surface area contributed by atoms with Gasteiger partial charge in [-0.05, 0) is 35.6 Å². The topological polar surface area (TPSA) is 125 Å². The summed E-state index contributed by atoms with van der Waals surface area (Å²) in [7, 11) is 0. The molecule has 2 unspecified atom stereocenters. The van der Waals surface area contributed by atoms with Gasteiger partial charge in [0.15, 0.2) is 0 Å². The normalized spacial score (nSPS) is 19.1. The van der Waals surface area contributed by atoms with Crippen LogP contribution in [-0.4, -0.2) is 59.7 Å². The van der Waals surface area contributed by atoms with Crippen LogP contribution in [0.2, 0.25) is 0 Å². The third-order valence-corrected chi connectivity index (χ3v) is 6.17. The monoisotopic (exact) mass is 451 g/mol. The first-order valence-corrected chi connectivity index (χ1v) is 10.8. The number of carboxylic acid groups (broad SMARTS) is 1. The lowest BCUT2D eigenvalue weighted by molar-refractivity contribution is -0.147. The van der Waals surface area contributed by atoms with Crippen LogP contribution in [0.4, 0.5) is 4.79 Å². The molecule has 0 spiro atoms. The van der Waals surface area contributed by atoms with E-state index in [4.69, 9.17) is 9.84 Å². The average molecular weight is 451 g/mol. The highest BCUT2D eigenvalue weighted by Gasteiger charge is 2.41. The van der Waals surface area contributed by atoms with E-state index in [2.05, 4.69) is 10.6 Å². The summed E-state index contributed by atoms with van der Waals surface area (Å²) in [5, 5.41) is 14.0. The predicted molar refractivity (Wildman–Crippen MR) is 118 cm³/mol. The fourth-order valence-corrected chi connectivity index (χ4v) is 4.46. The number of hydrogen-bond donors (Lipinski definition) is 3. The van der Waals surface area contributed by atoms with Crippen LogP contribution >= 0.6 is 0 Å². The zero-order chi connectivity index (χ0) is 23.5. The summed E-state index contributed by atoms with van der Waals surface area (Å²) in [4.78, 5) is 48.8. The summed E-state index contributed by atoms with van der Waals surface area (Å²) in [6.45, 7) is 1.42. The standard InChI is InChI=1S/C24H25N3O6/c1-14-10-19(23(30)31)22(29)27(14)13-26-21(28)11-25-24(32)33-12-20-17-8-4-2-6-15(17)16-7-3-5-9-18(16)20/h2-9,14,19-20H,10-13H2,1H3,(H,25,32)(H,26,28)(H,30,31). The fraction of sp³-hybridized carbons (Fsp3) is 0.333. The van der Waals surface area contributed by atoms with Crippen molar-refractivity contribution in [1.29, 1.82) is 0 Å². The fourth-order valence-electron chi connectivity index (χ4n) is 4.46. The van der Waals surface area contributed by atoms with Crippen LogP contribution in [0.15, 0.2) is 48.5 Å². The Balaban J connectivity index is 1.25. The van der Waals surface area contributed by atoms with Gasteiger partial charge in [0.25, 0.3) is 0 Å². The average Bonchev–Trinajstić information content (AvgIpc) is 3.28. The van der Waals surface area contributed by atoms with E-state index >= 15 is 0 Å². The molecule has 0 saturated carbocycles. The maximum absolute atomic E-state index is 12.2. The summed E-state index contributed by atoms with van der Waals surface area (Å²) in [5.41, 5.74) is 4.43. The van der Waals surface area contributed by atoms with E-state index in [0.29, 0.717) is 0 Å². The molecule has 3 amide bonds. The molecule has 1 fully saturated rings. The molecule has 0 radical (unpaired) electrons. The second-order valence-electron chi connectivity index (χ2n) is 8.22. The van der Waals surface area contributed by atoms with Gasteiger partial charge in [0.2, 0.25) is 11.8 Å². The second-order valence-corrected chi connectivity index (χ2v) is 8.22. The summed E-state index contributed by atoms with van der Waals surface area (Å²) < 4.78 is 5.38. The lowest BCUT2D eigenvalue weighted by Gasteiger charge is -2.22. The third-order valence-electron chi connectivity index (χ3n) is 6.17. The van der Waals surface area contributed by atoms with Crippen LogP contribution in [0.1, 0.15) is 30.4 Å². The summed E-state index contributed by atoms with van der Waals surface area (Å²) in [6.07, 6.45) is -0.522. The summed E-state index contributed by atoms with van der Waals surface area (Å²) in [5.74, 6) is -3.38. The van der Waals surface area contributed by atoms with E-state index in [9.17, 15) is 19.2 Å². The van der Waals surface area contributed by atoms with E-state index in [0.717, 1.165) is 22.3 Å². The van der Waals surface area contributed by atoms with Crippen molar-refractivity contribution >= 4 is 23.9 Å². The van der Waals surface area contributed by atoms with Gasteiger partial charge in [0.1, 0.15) is 19.1 Å². The molecule has 9 nitrogen and oxygen atoms in total. The molecule has 0 bridgehead atoms. The van der Waals surface area contributed by atoms with Gasteiger partial charge in [-0.25, -0.2) is 4.79 Å². The molecule has 2 aromatic rings. The molecule has 9 heteroatoms. The van der Waals surface area contributed by atoms with Crippen LogP contribution < -0.4 is 10.6 Å². The van der Waals surface area contributed by atoms with Crippen molar-refractivity contribution in [2.75, 3.05) is 19.8 Å². The van der Waals surface area contributed by atoms with Crippen molar-refractivity contribution in [2.24, 2.45) is 5.92 Å². The van der Waals surface area contributed by atoms with Gasteiger partial charge in [-0.1, -0.05) is 48.5 Å². The molecule has 1 saturated heterocycles. The number of fused-ring (bicyclic) bond motifs is 3. The smallest absolute Gasteiger partial charge is 0.407 e. The molecule has 1 heterocycles. The molecule has 2 aliphatic rings. The van der Waals surface area contributed by atoms with Crippen molar-refractivity contribution in [3.05, 3.63) is 59.7 Å². The number of likely N-dealkylation sites (tertiary alicyclic amines) is 1. The van der Waals surface area contributed by atoms with Gasteiger partial charge >= 0.3 is 12.1 Å². The van der Waals surface area contributed by atoms with E-state index < -0.39 is 29.8 Å². The molecule has 33 heavy (non-hydrogen) atoms. The Morgan fingerprint density at radius 1 is 1.03 bits per heavy atom. The van der Waals surface area contributed by atoms with Crippen LogP contribution in [0.3, 0.4) is 0 Å². The first-order valence-electron chi connectivity index (χ1n) is 10.8. The molecular weight excluding hydrogens is 426 g/mol. The van der Waals surface area contributed by atoms with Crippen LogP contribution in [0.5, 0.6) is 0 Å². The molecule has 1 aliphatic carbocycles. The van der Waals surface area contributed by atoms with Crippen LogP contribution in [0, 0.1) is 5.92 Å². The number of aliphatic carboxylic acids is 1. The number of carbonyl (C=O) groups excluding carboxylic acids is 3. The zero-order valence-corrected chi connectivity index (χ0v) is 18.1. The number of carbonyl (C=O) groups is 4. The Morgan fingerprint density at radius 3 is 2.21 bits per heavy atom. The minimum absolute atomic E-state index is 0.0816. The number of carboxylic acids is 1. The molecule has 4 rings (SSSR count). The minimum atomic E-state index is -1.17. The largest absolute Gasteiger partial charge is 0.481 e. The SMILES string of the molecule is CC1CC(C(=O)O)C(=O)N1CNC(=O)CNC(=O)OCC1c2ccccc2-c2ccccc21. The first-order chi connectivity index (χ1) is 15.9. The lowest BCUT2D eigenvalue weighted by atomic mass is 9.98. The van der Waals surface area contributed by atoms with Crippen LogP contribution in [0.25, 0.3) is 11.1 Å². The van der Waals surface area contributed by atoms with Gasteiger partial charge < -0.3 is 25.4 Å². The Morgan fingerprint density at radius 2 is 1.64 bits per heavy atom. The van der Waals surface area contributed by atoms with Crippen molar-refractivity contribution in [3.63, 3.8) is 0 Å². The Labute approximate surface area is 190 Å². The number of rotatable bonds is 7. The summed E-state index contributed by atoms with van der Waals surface area (Å²) in [6, 6.07) is 15.7. The van der Waals surface area contributed by atoms with Crippen molar-refractivity contribution < 1.29 is 29.0 Å². The van der Waals surface area contributed by atoms with Crippen molar-refractivity contribution in [3.8, 4) is 11.1 Å².